The summed E-state index contributed by atoms with van der Waals surface area (Å²) in [4.78, 5) is 85.0. The number of rotatable bonds is 29. The molecule has 0 aromatic heterocycles. The third-order valence-corrected chi connectivity index (χ3v) is 15.4. The van der Waals surface area contributed by atoms with Crippen LogP contribution in [0.4, 0.5) is 0 Å². The molecule has 2 saturated heterocycles. The number of methoxy groups -OCH3 is 4. The number of ether oxygens (including phenoxy) is 8. The zero-order valence-corrected chi connectivity index (χ0v) is 49.5. The predicted octanol–water partition coefficient (Wildman–Crippen LogP) is 9.09. The van der Waals surface area contributed by atoms with Gasteiger partial charge in [0.2, 0.25) is 11.8 Å². The Balaban J connectivity index is 0.841. The molecule has 4 amide bonds. The average Bonchev–Trinajstić information content (AvgIpc) is 2.80. The molecule has 0 aliphatic carbocycles. The molecule has 6 aromatic carbocycles. The van der Waals surface area contributed by atoms with Crippen molar-refractivity contribution >= 4 is 35.6 Å². The highest BCUT2D eigenvalue weighted by atomic mass is 16.6. The number of aryl methyl sites for hydroxylation is 2. The van der Waals surface area contributed by atoms with E-state index in [1.54, 1.807) is 74.6 Å². The standard InChI is InChI=1S/C68H78N4O14/c1-79-59-33-29-49(39-61(59)81-3)27-31-57(85-67(77)55-25-11-13-37-71(55)65(75)41-47-17-7-5-8-18-47)51-21-15-23-53(43-51)83-45-63(73)69-35-36-70-64(74)46-84-54-24-16-22-52(44-54)58(32-28-50-30-34-60(80-2)62(40-50)82-4)86-68(78)56-26-12-14-38-72(56)66(76)42-48-19-9-6-10-20-48/h5-10,15-24,29-30,33-34,39-40,43-44,55-58H,11-14,25-28,31-32,35-38,41-42,45-46H2,1-4H3,(H,69,73)(H,70,74)/t55-,56-,57+,58+/m0/s1. The average molecular weight is 1180 g/mol. The molecule has 6 aromatic rings. The van der Waals surface area contributed by atoms with Crippen LogP contribution in [0.25, 0.3) is 0 Å². The quantitative estimate of drug-likeness (QED) is 0.0332. The van der Waals surface area contributed by atoms with Gasteiger partial charge in [-0.1, -0.05) is 97.1 Å². The van der Waals surface area contributed by atoms with E-state index in [4.69, 9.17) is 37.9 Å². The van der Waals surface area contributed by atoms with E-state index in [-0.39, 0.29) is 51.0 Å². The molecule has 0 saturated carbocycles. The highest BCUT2D eigenvalue weighted by Gasteiger charge is 2.36. The number of nitrogens with one attached hydrogen (secondary N) is 2. The van der Waals surface area contributed by atoms with Crippen LogP contribution in [0.15, 0.2) is 146 Å². The Hall–Kier alpha value is -9.06. The van der Waals surface area contributed by atoms with E-state index in [1.165, 1.54) is 0 Å². The number of hydrogen-bond acceptors (Lipinski definition) is 14. The largest absolute Gasteiger partial charge is 0.493 e. The number of nitrogens with zero attached hydrogens (tertiary/aromatic N) is 2. The lowest BCUT2D eigenvalue weighted by Crippen LogP contribution is -2.49. The first-order valence-electron chi connectivity index (χ1n) is 29.4. The Morgan fingerprint density at radius 2 is 0.860 bits per heavy atom. The van der Waals surface area contributed by atoms with Crippen molar-refractivity contribution in [3.63, 3.8) is 0 Å². The summed E-state index contributed by atoms with van der Waals surface area (Å²) in [6.07, 6.45) is 4.81. The van der Waals surface area contributed by atoms with Gasteiger partial charge in [-0.2, -0.15) is 0 Å². The van der Waals surface area contributed by atoms with Crippen LogP contribution >= 0.6 is 0 Å². The van der Waals surface area contributed by atoms with Crippen LogP contribution in [0.3, 0.4) is 0 Å². The Morgan fingerprint density at radius 1 is 0.453 bits per heavy atom. The lowest BCUT2D eigenvalue weighted by atomic mass is 9.99. The van der Waals surface area contributed by atoms with Crippen molar-refractivity contribution in [1.82, 2.24) is 20.4 Å². The molecule has 86 heavy (non-hydrogen) atoms. The summed E-state index contributed by atoms with van der Waals surface area (Å²) in [5.74, 6) is 0.989. The molecule has 0 unspecified atom stereocenters. The first kappa shape index (κ1) is 63.0. The molecule has 2 heterocycles. The molecule has 2 fully saturated rings. The Labute approximate surface area is 503 Å². The zero-order chi connectivity index (χ0) is 60.6. The lowest BCUT2D eigenvalue weighted by Gasteiger charge is -2.35. The van der Waals surface area contributed by atoms with Crippen LogP contribution in [-0.2, 0) is 63.9 Å². The first-order chi connectivity index (χ1) is 41.9. The van der Waals surface area contributed by atoms with Gasteiger partial charge >= 0.3 is 11.9 Å². The maximum atomic E-state index is 14.2. The first-order valence-corrected chi connectivity index (χ1v) is 29.4. The molecule has 2 aliphatic rings. The van der Waals surface area contributed by atoms with E-state index >= 15 is 0 Å². The fourth-order valence-corrected chi connectivity index (χ4v) is 10.8. The van der Waals surface area contributed by atoms with Gasteiger partial charge in [0.05, 0.1) is 41.3 Å². The summed E-state index contributed by atoms with van der Waals surface area (Å²) in [6, 6.07) is 42.8. The van der Waals surface area contributed by atoms with Crippen LogP contribution in [0, 0.1) is 0 Å². The maximum Gasteiger partial charge on any atom is 0.329 e. The topological polar surface area (TPSA) is 207 Å². The van der Waals surface area contributed by atoms with Crippen molar-refractivity contribution in [2.24, 2.45) is 0 Å². The van der Waals surface area contributed by atoms with Gasteiger partial charge in [0.15, 0.2) is 36.2 Å². The van der Waals surface area contributed by atoms with Gasteiger partial charge in [-0.25, -0.2) is 9.59 Å². The molecule has 454 valence electrons. The number of esters is 2. The van der Waals surface area contributed by atoms with Gasteiger partial charge in [-0.3, -0.25) is 19.2 Å². The van der Waals surface area contributed by atoms with Crippen LogP contribution in [0.5, 0.6) is 34.5 Å². The van der Waals surface area contributed by atoms with Crippen molar-refractivity contribution in [1.29, 1.82) is 0 Å². The summed E-state index contributed by atoms with van der Waals surface area (Å²) < 4.78 is 46.5. The molecule has 2 aliphatic heterocycles. The molecular formula is C68H78N4O14. The van der Waals surface area contributed by atoms with E-state index in [2.05, 4.69) is 10.6 Å². The van der Waals surface area contributed by atoms with Gasteiger partial charge in [0, 0.05) is 26.2 Å². The van der Waals surface area contributed by atoms with Crippen molar-refractivity contribution in [2.45, 2.75) is 101 Å². The lowest BCUT2D eigenvalue weighted by molar-refractivity contribution is -0.162. The number of hydrogen-bond donors (Lipinski definition) is 2. The molecule has 4 atom stereocenters. The van der Waals surface area contributed by atoms with E-state index in [1.807, 2.05) is 109 Å². The van der Waals surface area contributed by atoms with Crippen LogP contribution < -0.4 is 39.1 Å². The Bertz CT molecular complexity index is 3000. The molecule has 0 radical (unpaired) electrons. The Kier molecular flexibility index (Phi) is 23.6. The normalized spacial score (nSPS) is 15.4. The number of piperidine rings is 2. The molecule has 18 heteroatoms. The molecule has 2 N–H and O–H groups in total. The molecule has 0 spiro atoms. The second kappa shape index (κ2) is 32.3. The van der Waals surface area contributed by atoms with Crippen LogP contribution in [0.2, 0.25) is 0 Å². The summed E-state index contributed by atoms with van der Waals surface area (Å²) >= 11 is 0. The minimum Gasteiger partial charge on any atom is -0.493 e. The molecule has 8 rings (SSSR count). The van der Waals surface area contributed by atoms with Gasteiger partial charge in [-0.15, -0.1) is 0 Å². The second-order valence-corrected chi connectivity index (χ2v) is 21.3. The molecule has 0 bridgehead atoms. The fourth-order valence-electron chi connectivity index (χ4n) is 10.8. The summed E-state index contributed by atoms with van der Waals surface area (Å²) in [5, 5.41) is 5.53. The number of amides is 4. The highest BCUT2D eigenvalue weighted by molar-refractivity contribution is 5.87. The van der Waals surface area contributed by atoms with Crippen molar-refractivity contribution in [3.05, 3.63) is 179 Å². The van der Waals surface area contributed by atoms with E-state index in [0.29, 0.717) is 97.2 Å². The van der Waals surface area contributed by atoms with Gasteiger partial charge in [-0.05, 0) is 146 Å². The number of carbonyl (C=O) groups is 6. The second-order valence-electron chi connectivity index (χ2n) is 21.3. The summed E-state index contributed by atoms with van der Waals surface area (Å²) in [5.41, 5.74) is 4.90. The van der Waals surface area contributed by atoms with E-state index < -0.39 is 48.0 Å². The SMILES string of the molecule is COc1ccc(CC[C@@H](OC(=O)[C@@H]2CCCCN2C(=O)Cc2ccccc2)c2cccc(OCC(=O)NCCNC(=O)COc3cccc([C@@H](CCc4ccc(OC)c(OC)c4)OC(=O)[C@@H]4CCCCN4C(=O)Cc4ccccc4)c3)c2)cc1OC. The monoisotopic (exact) mass is 1170 g/mol. The minimum atomic E-state index is -0.738. The third kappa shape index (κ3) is 18.2. The minimum absolute atomic E-state index is 0.104. The van der Waals surface area contributed by atoms with E-state index in [0.717, 1.165) is 47.9 Å². The van der Waals surface area contributed by atoms with Gasteiger partial charge in [0.1, 0.15) is 35.8 Å². The van der Waals surface area contributed by atoms with Crippen LogP contribution in [-0.4, -0.2) is 125 Å². The fraction of sp³-hybridized carbons (Fsp3) is 0.382. The molecular weight excluding hydrogens is 1100 g/mol. The maximum absolute atomic E-state index is 14.2. The third-order valence-electron chi connectivity index (χ3n) is 15.4. The highest BCUT2D eigenvalue weighted by Crippen LogP contribution is 2.35. The van der Waals surface area contributed by atoms with Crippen molar-refractivity contribution in [2.75, 3.05) is 67.8 Å². The van der Waals surface area contributed by atoms with Crippen LogP contribution in [0.1, 0.15) is 97.0 Å². The number of carbonyl (C=O) groups excluding carboxylic acids is 6. The summed E-state index contributed by atoms with van der Waals surface area (Å²) in [6.45, 7) is 0.467. The zero-order valence-electron chi connectivity index (χ0n) is 49.5. The number of benzene rings is 6. The predicted molar refractivity (Wildman–Crippen MR) is 322 cm³/mol. The van der Waals surface area contributed by atoms with Gasteiger partial charge in [0.25, 0.3) is 11.8 Å². The van der Waals surface area contributed by atoms with Crippen molar-refractivity contribution in [3.8, 4) is 34.5 Å². The van der Waals surface area contributed by atoms with Crippen molar-refractivity contribution < 1.29 is 66.7 Å². The summed E-state index contributed by atoms with van der Waals surface area (Å²) in [7, 11) is 6.28. The van der Waals surface area contributed by atoms with Gasteiger partial charge < -0.3 is 58.3 Å². The van der Waals surface area contributed by atoms with E-state index in [9.17, 15) is 28.8 Å². The Morgan fingerprint density at radius 3 is 1.26 bits per heavy atom. The molecule has 18 nitrogen and oxygen atoms in total. The smallest absolute Gasteiger partial charge is 0.329 e. The number of likely N-dealkylation sites (tertiary alicyclic amines) is 2.